The highest BCUT2D eigenvalue weighted by atomic mass is 32.2. The van der Waals surface area contributed by atoms with Crippen LogP contribution < -0.4 is 0 Å². The third-order valence-electron chi connectivity index (χ3n) is 5.44. The van der Waals surface area contributed by atoms with Gasteiger partial charge in [0.25, 0.3) is 10.2 Å². The standard InChI is InChI=1S/C16H30N6O2S/c1-4-20(5-2)25(23,24)21-11-9-15-17-18-16(22(15)13-12-21)14-8-6-7-10-19(14)3/h14H,4-13H2,1-3H3/t14-/m1/s1. The predicted octanol–water partition coefficient (Wildman–Crippen LogP) is 0.880. The lowest BCUT2D eigenvalue weighted by Gasteiger charge is -2.32. The van der Waals surface area contributed by atoms with Gasteiger partial charge in [0.15, 0.2) is 0 Å². The van der Waals surface area contributed by atoms with Crippen molar-refractivity contribution < 1.29 is 8.42 Å². The number of nitrogens with zero attached hydrogens (tertiary/aromatic N) is 6. The van der Waals surface area contributed by atoms with E-state index in [1.165, 1.54) is 17.1 Å². The number of hydrogen-bond donors (Lipinski definition) is 0. The molecule has 8 nitrogen and oxygen atoms in total. The van der Waals surface area contributed by atoms with Crippen molar-refractivity contribution in [1.82, 2.24) is 28.3 Å². The monoisotopic (exact) mass is 370 g/mol. The van der Waals surface area contributed by atoms with Gasteiger partial charge in [0.2, 0.25) is 0 Å². The molecule has 0 aliphatic carbocycles. The minimum Gasteiger partial charge on any atom is -0.312 e. The van der Waals surface area contributed by atoms with Crippen LogP contribution in [0.5, 0.6) is 0 Å². The van der Waals surface area contributed by atoms with E-state index in [0.29, 0.717) is 45.2 Å². The van der Waals surface area contributed by atoms with E-state index < -0.39 is 10.2 Å². The maximum atomic E-state index is 12.8. The van der Waals surface area contributed by atoms with Gasteiger partial charge in [0, 0.05) is 39.1 Å². The fraction of sp³-hybridized carbons (Fsp3) is 0.875. The summed E-state index contributed by atoms with van der Waals surface area (Å²) < 4.78 is 30.9. The number of fused-ring (bicyclic) bond motifs is 1. The number of likely N-dealkylation sites (tertiary alicyclic amines) is 1. The average Bonchev–Trinajstić information content (AvgIpc) is 2.86. The van der Waals surface area contributed by atoms with Gasteiger partial charge >= 0.3 is 0 Å². The molecule has 142 valence electrons. The van der Waals surface area contributed by atoms with Gasteiger partial charge in [-0.3, -0.25) is 4.90 Å². The van der Waals surface area contributed by atoms with Gasteiger partial charge < -0.3 is 4.57 Å². The normalized spacial score (nSPS) is 23.6. The summed E-state index contributed by atoms with van der Waals surface area (Å²) in [6.07, 6.45) is 4.14. The number of rotatable bonds is 5. The van der Waals surface area contributed by atoms with Crippen LogP contribution in [-0.2, 0) is 23.2 Å². The van der Waals surface area contributed by atoms with Crippen molar-refractivity contribution in [1.29, 1.82) is 0 Å². The predicted molar refractivity (Wildman–Crippen MR) is 96.4 cm³/mol. The zero-order valence-electron chi connectivity index (χ0n) is 15.6. The van der Waals surface area contributed by atoms with E-state index >= 15 is 0 Å². The minimum absolute atomic E-state index is 0.293. The summed E-state index contributed by atoms with van der Waals surface area (Å²) >= 11 is 0. The van der Waals surface area contributed by atoms with E-state index in [1.54, 1.807) is 4.31 Å². The first kappa shape index (κ1) is 18.8. The number of hydrogen-bond acceptors (Lipinski definition) is 5. The summed E-state index contributed by atoms with van der Waals surface area (Å²) in [5.41, 5.74) is 0. The van der Waals surface area contributed by atoms with Crippen LogP contribution in [0.4, 0.5) is 0 Å². The van der Waals surface area contributed by atoms with Crippen LogP contribution in [0.2, 0.25) is 0 Å². The lowest BCUT2D eigenvalue weighted by Crippen LogP contribution is -2.45. The molecule has 0 bridgehead atoms. The van der Waals surface area contributed by atoms with Crippen LogP contribution in [0.15, 0.2) is 0 Å². The highest BCUT2D eigenvalue weighted by Crippen LogP contribution is 2.29. The molecule has 1 aromatic rings. The second-order valence-corrected chi connectivity index (χ2v) is 8.79. The molecule has 2 aliphatic rings. The summed E-state index contributed by atoms with van der Waals surface area (Å²) in [5, 5.41) is 8.84. The molecule has 0 unspecified atom stereocenters. The summed E-state index contributed by atoms with van der Waals surface area (Å²) in [6, 6.07) is 0.293. The van der Waals surface area contributed by atoms with Crippen LogP contribution >= 0.6 is 0 Å². The molecule has 3 rings (SSSR count). The van der Waals surface area contributed by atoms with Gasteiger partial charge in [-0.1, -0.05) is 20.3 Å². The van der Waals surface area contributed by atoms with Gasteiger partial charge in [-0.05, 0) is 26.4 Å². The quantitative estimate of drug-likeness (QED) is 0.769. The maximum Gasteiger partial charge on any atom is 0.282 e. The van der Waals surface area contributed by atoms with E-state index in [-0.39, 0.29) is 0 Å². The van der Waals surface area contributed by atoms with Crippen LogP contribution in [-0.4, -0.2) is 76.5 Å². The first-order valence-corrected chi connectivity index (χ1v) is 10.8. The Balaban J connectivity index is 1.79. The number of piperidine rings is 1. The topological polar surface area (TPSA) is 74.6 Å². The molecule has 9 heteroatoms. The van der Waals surface area contributed by atoms with E-state index in [4.69, 9.17) is 0 Å². The van der Waals surface area contributed by atoms with Gasteiger partial charge in [0.1, 0.15) is 11.6 Å². The first-order chi connectivity index (χ1) is 12.0. The average molecular weight is 371 g/mol. The Morgan fingerprint density at radius 3 is 2.52 bits per heavy atom. The Bertz CT molecular complexity index is 685. The Hall–Kier alpha value is -1.03. The molecule has 25 heavy (non-hydrogen) atoms. The van der Waals surface area contributed by atoms with Crippen LogP contribution in [0.25, 0.3) is 0 Å². The second-order valence-electron chi connectivity index (χ2n) is 6.86. The molecule has 0 N–H and O–H groups in total. The summed E-state index contributed by atoms with van der Waals surface area (Å²) in [5.74, 6) is 1.91. The molecular formula is C16H30N6O2S. The molecule has 1 fully saturated rings. The smallest absolute Gasteiger partial charge is 0.282 e. The zero-order chi connectivity index (χ0) is 18.0. The Morgan fingerprint density at radius 2 is 1.84 bits per heavy atom. The largest absolute Gasteiger partial charge is 0.312 e. The Kier molecular flexibility index (Phi) is 5.77. The van der Waals surface area contributed by atoms with Crippen molar-refractivity contribution >= 4 is 10.2 Å². The fourth-order valence-electron chi connectivity index (χ4n) is 3.92. The van der Waals surface area contributed by atoms with Gasteiger partial charge in [0.05, 0.1) is 6.04 Å². The lowest BCUT2D eigenvalue weighted by molar-refractivity contribution is 0.174. The van der Waals surface area contributed by atoms with Crippen molar-refractivity contribution in [2.75, 3.05) is 39.8 Å². The van der Waals surface area contributed by atoms with E-state index in [9.17, 15) is 8.42 Å². The molecule has 0 radical (unpaired) electrons. The van der Waals surface area contributed by atoms with Crippen LogP contribution in [0, 0.1) is 0 Å². The lowest BCUT2D eigenvalue weighted by atomic mass is 10.0. The van der Waals surface area contributed by atoms with Gasteiger partial charge in [-0.2, -0.15) is 17.0 Å². The van der Waals surface area contributed by atoms with E-state index in [0.717, 1.165) is 24.6 Å². The van der Waals surface area contributed by atoms with E-state index in [1.807, 2.05) is 13.8 Å². The Morgan fingerprint density at radius 1 is 1.08 bits per heavy atom. The molecular weight excluding hydrogens is 340 g/mol. The molecule has 1 atom stereocenters. The molecule has 0 amide bonds. The van der Waals surface area contributed by atoms with Crippen LogP contribution in [0.3, 0.4) is 0 Å². The minimum atomic E-state index is -3.40. The van der Waals surface area contributed by atoms with Crippen molar-refractivity contribution in [3.63, 3.8) is 0 Å². The molecule has 0 spiro atoms. The van der Waals surface area contributed by atoms with Gasteiger partial charge in [-0.25, -0.2) is 0 Å². The highest BCUT2D eigenvalue weighted by Gasteiger charge is 2.32. The molecule has 0 saturated carbocycles. The zero-order valence-corrected chi connectivity index (χ0v) is 16.4. The molecule has 1 saturated heterocycles. The molecule has 0 aromatic carbocycles. The SMILES string of the molecule is CCN(CC)S(=O)(=O)N1CCc2nnc([C@H]3CCCCN3C)n2CC1. The third kappa shape index (κ3) is 3.60. The van der Waals surface area contributed by atoms with Gasteiger partial charge in [-0.15, -0.1) is 10.2 Å². The fourth-order valence-corrected chi connectivity index (χ4v) is 5.53. The molecule has 2 aliphatic heterocycles. The van der Waals surface area contributed by atoms with Crippen molar-refractivity contribution in [2.24, 2.45) is 0 Å². The summed E-state index contributed by atoms with van der Waals surface area (Å²) in [7, 11) is -1.26. The van der Waals surface area contributed by atoms with Crippen molar-refractivity contribution in [3.8, 4) is 0 Å². The maximum absolute atomic E-state index is 12.8. The van der Waals surface area contributed by atoms with E-state index in [2.05, 4.69) is 26.7 Å². The Labute approximate surface area is 151 Å². The highest BCUT2D eigenvalue weighted by molar-refractivity contribution is 7.86. The molecule has 3 heterocycles. The molecule has 1 aromatic heterocycles. The number of aromatic nitrogens is 3. The summed E-state index contributed by atoms with van der Waals surface area (Å²) in [4.78, 5) is 2.34. The van der Waals surface area contributed by atoms with Crippen molar-refractivity contribution in [2.45, 2.75) is 52.1 Å². The second kappa shape index (κ2) is 7.69. The van der Waals surface area contributed by atoms with Crippen LogP contribution in [0.1, 0.15) is 50.8 Å². The summed E-state index contributed by atoms with van der Waals surface area (Å²) in [6.45, 7) is 7.41. The third-order valence-corrected chi connectivity index (χ3v) is 7.63. The van der Waals surface area contributed by atoms with Crippen molar-refractivity contribution in [3.05, 3.63) is 11.6 Å². The first-order valence-electron chi connectivity index (χ1n) is 9.36.